The predicted molar refractivity (Wildman–Crippen MR) is 78.1 cm³/mol. The molecule has 0 saturated carbocycles. The lowest BCUT2D eigenvalue weighted by molar-refractivity contribution is -0.140. The number of hydrogen-bond donors (Lipinski definition) is 1. The van der Waals surface area contributed by atoms with Gasteiger partial charge < -0.3 is 10.1 Å². The van der Waals surface area contributed by atoms with Crippen LogP contribution in [-0.2, 0) is 15.7 Å². The molecule has 0 aliphatic rings. The Balaban J connectivity index is 2.34. The van der Waals surface area contributed by atoms with Crippen molar-refractivity contribution < 1.29 is 22.7 Å². The van der Waals surface area contributed by atoms with Crippen molar-refractivity contribution in [1.82, 2.24) is 0 Å². The first kappa shape index (κ1) is 17.8. The molecule has 21 heavy (non-hydrogen) atoms. The second-order valence-electron chi connectivity index (χ2n) is 4.51. The van der Waals surface area contributed by atoms with Crippen LogP contribution >= 0.6 is 15.9 Å². The topological polar surface area (TPSA) is 38.3 Å². The van der Waals surface area contributed by atoms with E-state index in [9.17, 15) is 18.0 Å². The quantitative estimate of drug-likeness (QED) is 0.564. The molecule has 0 aliphatic heterocycles. The van der Waals surface area contributed by atoms with Gasteiger partial charge in [0.15, 0.2) is 0 Å². The van der Waals surface area contributed by atoms with Gasteiger partial charge in [-0.25, -0.2) is 0 Å². The van der Waals surface area contributed by atoms with Crippen LogP contribution in [0.2, 0.25) is 0 Å². The van der Waals surface area contributed by atoms with E-state index in [4.69, 9.17) is 0 Å². The van der Waals surface area contributed by atoms with E-state index in [1.165, 1.54) is 13.2 Å². The Morgan fingerprint density at radius 2 is 2.00 bits per heavy atom. The number of methoxy groups -OCH3 is 1. The van der Waals surface area contributed by atoms with Crippen LogP contribution in [0.15, 0.2) is 22.7 Å². The summed E-state index contributed by atoms with van der Waals surface area (Å²) in [7, 11) is 1.35. The van der Waals surface area contributed by atoms with E-state index in [-0.39, 0.29) is 5.97 Å². The Kier molecular flexibility index (Phi) is 7.01. The number of esters is 1. The zero-order valence-electron chi connectivity index (χ0n) is 11.6. The van der Waals surface area contributed by atoms with Gasteiger partial charge in [-0.1, -0.05) is 6.42 Å². The Hall–Kier alpha value is -1.24. The van der Waals surface area contributed by atoms with Crippen molar-refractivity contribution in [1.29, 1.82) is 0 Å². The van der Waals surface area contributed by atoms with E-state index in [1.54, 1.807) is 0 Å². The number of halogens is 4. The third kappa shape index (κ3) is 6.37. The summed E-state index contributed by atoms with van der Waals surface area (Å²) in [5, 5.41) is 3.06. The average Bonchev–Trinajstić information content (AvgIpc) is 2.42. The summed E-state index contributed by atoms with van der Waals surface area (Å²) in [5.41, 5.74) is -0.0611. The Labute approximate surface area is 130 Å². The van der Waals surface area contributed by atoms with Gasteiger partial charge in [0.05, 0.1) is 12.7 Å². The predicted octanol–water partition coefficient (Wildman–Crippen LogP) is 4.61. The average molecular weight is 368 g/mol. The minimum absolute atomic E-state index is 0.228. The van der Waals surface area contributed by atoms with Crippen LogP contribution in [0.1, 0.15) is 31.2 Å². The third-order valence-corrected chi connectivity index (χ3v) is 3.55. The van der Waals surface area contributed by atoms with Crippen LogP contribution in [-0.4, -0.2) is 19.6 Å². The van der Waals surface area contributed by atoms with Gasteiger partial charge in [-0.05, 0) is 47.0 Å². The van der Waals surface area contributed by atoms with Gasteiger partial charge in [-0.3, -0.25) is 4.79 Å². The second-order valence-corrected chi connectivity index (χ2v) is 5.36. The lowest BCUT2D eigenvalue weighted by atomic mass is 10.2. The zero-order valence-corrected chi connectivity index (χ0v) is 13.2. The van der Waals surface area contributed by atoms with Crippen LogP contribution in [0.5, 0.6) is 0 Å². The second kappa shape index (κ2) is 8.26. The molecule has 0 bridgehead atoms. The smallest absolute Gasteiger partial charge is 0.416 e. The third-order valence-electron chi connectivity index (χ3n) is 2.90. The maximum absolute atomic E-state index is 12.5. The molecule has 0 saturated heterocycles. The highest BCUT2D eigenvalue weighted by Gasteiger charge is 2.30. The van der Waals surface area contributed by atoms with E-state index in [0.717, 1.165) is 31.4 Å². The fourth-order valence-corrected chi connectivity index (χ4v) is 2.25. The summed E-state index contributed by atoms with van der Waals surface area (Å²) in [5.74, 6) is -0.228. The number of alkyl halides is 3. The minimum Gasteiger partial charge on any atom is -0.469 e. The maximum Gasteiger partial charge on any atom is 0.416 e. The van der Waals surface area contributed by atoms with E-state index in [1.807, 2.05) is 0 Å². The van der Waals surface area contributed by atoms with Crippen molar-refractivity contribution in [2.75, 3.05) is 19.0 Å². The molecule has 1 aromatic carbocycles. The summed E-state index contributed by atoms with van der Waals surface area (Å²) in [6.07, 6.45) is -1.54. The summed E-state index contributed by atoms with van der Waals surface area (Å²) in [4.78, 5) is 10.9. The molecule has 1 aromatic rings. The number of nitrogens with one attached hydrogen (secondary N) is 1. The van der Waals surface area contributed by atoms with Crippen molar-refractivity contribution >= 4 is 27.6 Å². The molecular weight excluding hydrogens is 351 g/mol. The van der Waals surface area contributed by atoms with Gasteiger partial charge in [-0.2, -0.15) is 13.2 Å². The van der Waals surface area contributed by atoms with E-state index >= 15 is 0 Å². The van der Waals surface area contributed by atoms with Gasteiger partial charge in [0.1, 0.15) is 0 Å². The van der Waals surface area contributed by atoms with Crippen LogP contribution in [0.25, 0.3) is 0 Å². The molecule has 0 amide bonds. The number of rotatable bonds is 7. The van der Waals surface area contributed by atoms with Crippen molar-refractivity contribution in [3.8, 4) is 0 Å². The lowest BCUT2D eigenvalue weighted by Crippen LogP contribution is -2.07. The first-order valence-corrected chi connectivity index (χ1v) is 7.31. The van der Waals surface area contributed by atoms with Gasteiger partial charge in [0, 0.05) is 23.1 Å². The molecule has 0 atom stereocenters. The summed E-state index contributed by atoms with van der Waals surface area (Å²) in [6, 6.07) is 3.51. The highest BCUT2D eigenvalue weighted by atomic mass is 79.9. The molecule has 1 N–H and O–H groups in total. The van der Waals surface area contributed by atoms with Gasteiger partial charge in [-0.15, -0.1) is 0 Å². The number of anilines is 1. The van der Waals surface area contributed by atoms with Crippen molar-refractivity contribution in [2.24, 2.45) is 0 Å². The molecule has 0 heterocycles. The van der Waals surface area contributed by atoms with Crippen LogP contribution in [0.3, 0.4) is 0 Å². The van der Waals surface area contributed by atoms with E-state index in [0.29, 0.717) is 23.1 Å². The van der Waals surface area contributed by atoms with E-state index < -0.39 is 11.7 Å². The first-order valence-electron chi connectivity index (χ1n) is 6.52. The number of ether oxygens (including phenoxy) is 1. The highest BCUT2D eigenvalue weighted by Crippen LogP contribution is 2.33. The number of benzene rings is 1. The molecular formula is C14H17BrF3NO2. The SMILES string of the molecule is COC(=O)CCCCCNc1ccc(C(F)(F)F)cc1Br. The molecule has 0 spiro atoms. The number of carbonyl (C=O) groups is 1. The highest BCUT2D eigenvalue weighted by molar-refractivity contribution is 9.10. The zero-order chi connectivity index (χ0) is 15.9. The van der Waals surface area contributed by atoms with E-state index in [2.05, 4.69) is 26.0 Å². The fraction of sp³-hybridized carbons (Fsp3) is 0.500. The molecule has 7 heteroatoms. The Morgan fingerprint density at radius 3 is 2.57 bits per heavy atom. The van der Waals surface area contributed by atoms with Crippen LogP contribution in [0, 0.1) is 0 Å². The molecule has 0 unspecified atom stereocenters. The number of carbonyl (C=O) groups excluding carboxylic acids is 1. The number of unbranched alkanes of at least 4 members (excludes halogenated alkanes) is 2. The van der Waals surface area contributed by atoms with Gasteiger partial charge in [0.25, 0.3) is 0 Å². The van der Waals surface area contributed by atoms with Crippen LogP contribution in [0.4, 0.5) is 18.9 Å². The fourth-order valence-electron chi connectivity index (χ4n) is 1.73. The summed E-state index contributed by atoms with van der Waals surface area (Å²) >= 11 is 3.13. The minimum atomic E-state index is -4.34. The summed E-state index contributed by atoms with van der Waals surface area (Å²) < 4.78 is 42.4. The monoisotopic (exact) mass is 367 g/mol. The summed E-state index contributed by atoms with van der Waals surface area (Å²) in [6.45, 7) is 0.630. The van der Waals surface area contributed by atoms with Gasteiger partial charge >= 0.3 is 12.1 Å². The first-order chi connectivity index (χ1) is 9.84. The largest absolute Gasteiger partial charge is 0.469 e. The molecule has 0 aliphatic carbocycles. The van der Waals surface area contributed by atoms with Crippen molar-refractivity contribution in [3.05, 3.63) is 28.2 Å². The van der Waals surface area contributed by atoms with Crippen LogP contribution < -0.4 is 5.32 Å². The molecule has 118 valence electrons. The molecule has 0 aromatic heterocycles. The van der Waals surface area contributed by atoms with Gasteiger partial charge in [0.2, 0.25) is 0 Å². The molecule has 1 rings (SSSR count). The standard InChI is InChI=1S/C14H17BrF3NO2/c1-21-13(20)5-3-2-4-8-19-12-7-6-10(9-11(12)15)14(16,17)18/h6-7,9,19H,2-5,8H2,1H3. The van der Waals surface area contributed by atoms with Crippen molar-refractivity contribution in [3.63, 3.8) is 0 Å². The Bertz CT molecular complexity index is 478. The Morgan fingerprint density at radius 1 is 1.29 bits per heavy atom. The maximum atomic E-state index is 12.5. The lowest BCUT2D eigenvalue weighted by Gasteiger charge is -2.12. The molecule has 0 radical (unpaired) electrons. The van der Waals surface area contributed by atoms with Crippen molar-refractivity contribution in [2.45, 2.75) is 31.9 Å². The molecule has 0 fully saturated rings. The normalized spacial score (nSPS) is 11.3. The number of hydrogen-bond acceptors (Lipinski definition) is 3. The molecule has 3 nitrogen and oxygen atoms in total.